The number of fused-ring (bicyclic) bond motifs is 1. The quantitative estimate of drug-likeness (QED) is 0.363. The molecule has 1 aliphatic heterocycles. The topological polar surface area (TPSA) is 139 Å². The van der Waals surface area contributed by atoms with Crippen LogP contribution in [0.1, 0.15) is 49.4 Å². The molecular formula is C31H23N7O2. The van der Waals surface area contributed by atoms with Crippen molar-refractivity contribution in [3.05, 3.63) is 105 Å². The number of hydrogen-bond acceptors (Lipinski definition) is 8. The number of rotatable bonds is 5. The van der Waals surface area contributed by atoms with Crippen LogP contribution in [0.4, 0.5) is 11.6 Å². The molecule has 0 aliphatic carbocycles. The predicted octanol–water partition coefficient (Wildman–Crippen LogP) is 5.44. The number of benzene rings is 3. The molecule has 0 saturated heterocycles. The van der Waals surface area contributed by atoms with E-state index in [1.54, 1.807) is 65.6 Å². The van der Waals surface area contributed by atoms with Crippen LogP contribution in [0, 0.1) is 47.8 Å². The third-order valence-electron chi connectivity index (χ3n) is 6.63. The van der Waals surface area contributed by atoms with Crippen LogP contribution in [0.5, 0.6) is 11.6 Å². The van der Waals surface area contributed by atoms with Crippen molar-refractivity contribution in [3.8, 4) is 29.8 Å². The van der Waals surface area contributed by atoms with Crippen LogP contribution in [0.25, 0.3) is 0 Å². The molecule has 40 heavy (non-hydrogen) atoms. The Morgan fingerprint density at radius 2 is 1.48 bits per heavy atom. The van der Waals surface area contributed by atoms with Gasteiger partial charge in [-0.3, -0.25) is 4.79 Å². The molecule has 0 radical (unpaired) electrons. The van der Waals surface area contributed by atoms with E-state index in [2.05, 4.69) is 28.5 Å². The van der Waals surface area contributed by atoms with E-state index in [-0.39, 0.29) is 12.5 Å². The summed E-state index contributed by atoms with van der Waals surface area (Å²) < 4.78 is 6.40. The van der Waals surface area contributed by atoms with Crippen molar-refractivity contribution in [3.63, 3.8) is 0 Å². The summed E-state index contributed by atoms with van der Waals surface area (Å²) in [6.07, 6.45) is 0.490. The van der Waals surface area contributed by atoms with Gasteiger partial charge in [0.2, 0.25) is 11.8 Å². The minimum atomic E-state index is -0.161. The molecule has 0 unspecified atom stereocenters. The van der Waals surface area contributed by atoms with Gasteiger partial charge in [0.15, 0.2) is 0 Å². The first kappa shape index (κ1) is 25.9. The second-order valence-electron chi connectivity index (χ2n) is 9.41. The van der Waals surface area contributed by atoms with Gasteiger partial charge in [-0.15, -0.1) is 0 Å². The molecule has 2 heterocycles. The fourth-order valence-corrected chi connectivity index (χ4v) is 4.60. The third kappa shape index (κ3) is 5.29. The van der Waals surface area contributed by atoms with Crippen molar-refractivity contribution in [2.24, 2.45) is 0 Å². The van der Waals surface area contributed by atoms with Gasteiger partial charge in [-0.2, -0.15) is 20.8 Å². The highest BCUT2D eigenvalue weighted by Gasteiger charge is 2.28. The highest BCUT2D eigenvalue weighted by molar-refractivity contribution is 5.94. The van der Waals surface area contributed by atoms with E-state index in [4.69, 9.17) is 20.2 Å². The summed E-state index contributed by atoms with van der Waals surface area (Å²) in [6.45, 7) is 4.43. The van der Waals surface area contributed by atoms with Crippen molar-refractivity contribution in [2.45, 2.75) is 26.8 Å². The predicted molar refractivity (Wildman–Crippen MR) is 147 cm³/mol. The van der Waals surface area contributed by atoms with Crippen molar-refractivity contribution in [1.29, 1.82) is 15.8 Å². The fraction of sp³-hybridized carbons (Fsp3) is 0.161. The molecule has 0 fully saturated rings. The van der Waals surface area contributed by atoms with Gasteiger partial charge in [0, 0.05) is 24.2 Å². The number of aryl methyl sites for hydroxylation is 2. The van der Waals surface area contributed by atoms with Gasteiger partial charge < -0.3 is 15.0 Å². The van der Waals surface area contributed by atoms with Gasteiger partial charge in [-0.05, 0) is 85.6 Å². The number of carbonyl (C=O) groups is 1. The molecule has 0 saturated carbocycles. The van der Waals surface area contributed by atoms with Crippen LogP contribution >= 0.6 is 0 Å². The molecule has 0 bridgehead atoms. The molecule has 9 heteroatoms. The van der Waals surface area contributed by atoms with E-state index in [1.165, 1.54) is 0 Å². The summed E-state index contributed by atoms with van der Waals surface area (Å²) >= 11 is 0. The van der Waals surface area contributed by atoms with E-state index >= 15 is 0 Å². The summed E-state index contributed by atoms with van der Waals surface area (Å²) in [5.41, 5.74) is 5.79. The molecule has 3 aromatic carbocycles. The number of ether oxygens (including phenoxy) is 1. The van der Waals surface area contributed by atoms with Gasteiger partial charge in [0.05, 0.1) is 52.7 Å². The van der Waals surface area contributed by atoms with Crippen LogP contribution in [-0.4, -0.2) is 27.3 Å². The molecule has 5 rings (SSSR count). The lowest BCUT2D eigenvalue weighted by atomic mass is 10.0. The maximum Gasteiger partial charge on any atom is 0.254 e. The molecule has 194 valence electrons. The zero-order valence-electron chi connectivity index (χ0n) is 21.9. The average molecular weight is 526 g/mol. The average Bonchev–Trinajstić information content (AvgIpc) is 2.98. The standard InChI is InChI=1S/C31H23N7O2/c1-19-13-23(17-34)14-20(2)28(19)40-29-26-18-38(30(39)24-7-3-21(15-32)4-8-24)12-11-27(26)36-31(37-29)35-25-9-5-22(16-33)6-10-25/h3-10,13-14H,11-12,18H2,1-2H3,(H,35,36,37). The van der Waals surface area contributed by atoms with Gasteiger partial charge in [0.1, 0.15) is 5.75 Å². The Bertz CT molecular complexity index is 1720. The number of nitrogens with one attached hydrogen (secondary N) is 1. The number of hydrogen-bond donors (Lipinski definition) is 1. The Kier molecular flexibility index (Phi) is 7.09. The summed E-state index contributed by atoms with van der Waals surface area (Å²) in [5, 5.41) is 30.7. The zero-order valence-corrected chi connectivity index (χ0v) is 21.9. The van der Waals surface area contributed by atoms with Gasteiger partial charge in [-0.1, -0.05) is 0 Å². The Labute approximate surface area is 231 Å². The first-order chi connectivity index (χ1) is 19.4. The van der Waals surface area contributed by atoms with Crippen molar-refractivity contribution in [1.82, 2.24) is 14.9 Å². The van der Waals surface area contributed by atoms with E-state index in [1.807, 2.05) is 13.8 Å². The Hall–Kier alpha value is -5.72. The van der Waals surface area contributed by atoms with E-state index in [0.29, 0.717) is 64.0 Å². The second-order valence-corrected chi connectivity index (χ2v) is 9.41. The number of amides is 1. The lowest BCUT2D eigenvalue weighted by Gasteiger charge is -2.29. The SMILES string of the molecule is Cc1cc(C#N)cc(C)c1Oc1nc(Nc2ccc(C#N)cc2)nc2c1CN(C(=O)c1ccc(C#N)cc1)CC2. The molecule has 1 aromatic heterocycles. The maximum atomic E-state index is 13.3. The van der Waals surface area contributed by atoms with Gasteiger partial charge in [-0.25, -0.2) is 4.98 Å². The van der Waals surface area contributed by atoms with Gasteiger partial charge >= 0.3 is 0 Å². The Morgan fingerprint density at radius 3 is 2.08 bits per heavy atom. The lowest BCUT2D eigenvalue weighted by Crippen LogP contribution is -2.36. The van der Waals surface area contributed by atoms with E-state index in [9.17, 15) is 10.1 Å². The highest BCUT2D eigenvalue weighted by Crippen LogP contribution is 2.35. The van der Waals surface area contributed by atoms with Crippen LogP contribution in [0.15, 0.2) is 60.7 Å². The molecule has 0 atom stereocenters. The Balaban J connectivity index is 1.51. The lowest BCUT2D eigenvalue weighted by molar-refractivity contribution is 0.0732. The molecule has 1 amide bonds. The maximum absolute atomic E-state index is 13.3. The number of aromatic nitrogens is 2. The molecule has 1 aliphatic rings. The smallest absolute Gasteiger partial charge is 0.254 e. The van der Waals surface area contributed by atoms with Gasteiger partial charge in [0.25, 0.3) is 5.91 Å². The number of nitriles is 3. The molecule has 9 nitrogen and oxygen atoms in total. The Morgan fingerprint density at radius 1 is 0.875 bits per heavy atom. The van der Waals surface area contributed by atoms with Crippen LogP contribution in [0.3, 0.4) is 0 Å². The molecule has 4 aromatic rings. The van der Waals surface area contributed by atoms with Crippen molar-refractivity contribution >= 4 is 17.5 Å². The minimum Gasteiger partial charge on any atom is -0.438 e. The normalized spacial score (nSPS) is 11.9. The fourth-order valence-electron chi connectivity index (χ4n) is 4.60. The number of anilines is 2. The zero-order chi connectivity index (χ0) is 28.2. The first-order valence-electron chi connectivity index (χ1n) is 12.5. The summed E-state index contributed by atoms with van der Waals surface area (Å²) in [4.78, 5) is 24.4. The molecule has 1 N–H and O–H groups in total. The summed E-state index contributed by atoms with van der Waals surface area (Å²) in [6, 6.07) is 23.3. The van der Waals surface area contributed by atoms with Crippen LogP contribution in [0.2, 0.25) is 0 Å². The second kappa shape index (κ2) is 10.9. The van der Waals surface area contributed by atoms with Crippen LogP contribution < -0.4 is 10.1 Å². The minimum absolute atomic E-state index is 0.161. The molecule has 0 spiro atoms. The van der Waals surface area contributed by atoms with Crippen molar-refractivity contribution < 1.29 is 9.53 Å². The van der Waals surface area contributed by atoms with E-state index < -0.39 is 0 Å². The third-order valence-corrected chi connectivity index (χ3v) is 6.63. The number of nitrogens with zero attached hydrogens (tertiary/aromatic N) is 6. The summed E-state index contributed by atoms with van der Waals surface area (Å²) in [5.74, 6) is 1.06. The summed E-state index contributed by atoms with van der Waals surface area (Å²) in [7, 11) is 0. The van der Waals surface area contributed by atoms with E-state index in [0.717, 1.165) is 16.8 Å². The van der Waals surface area contributed by atoms with Crippen LogP contribution in [-0.2, 0) is 13.0 Å². The largest absolute Gasteiger partial charge is 0.438 e. The van der Waals surface area contributed by atoms with Crippen molar-refractivity contribution in [2.75, 3.05) is 11.9 Å². The monoisotopic (exact) mass is 525 g/mol. The highest BCUT2D eigenvalue weighted by atomic mass is 16.5. The first-order valence-corrected chi connectivity index (χ1v) is 12.5. The molecular weight excluding hydrogens is 502 g/mol. The number of carbonyl (C=O) groups excluding carboxylic acids is 1.